The molecule has 160 valence electrons. The van der Waals surface area contributed by atoms with Gasteiger partial charge in [-0.3, -0.25) is 4.79 Å². The number of hydrogen-bond donors (Lipinski definition) is 0. The molecular formula is C22H27N3O4S. The molecule has 8 heteroatoms. The van der Waals surface area contributed by atoms with E-state index in [-0.39, 0.29) is 5.91 Å². The van der Waals surface area contributed by atoms with Crippen molar-refractivity contribution in [3.05, 3.63) is 46.8 Å². The normalized spacial score (nSPS) is 11.7. The van der Waals surface area contributed by atoms with E-state index in [0.29, 0.717) is 41.6 Å². The van der Waals surface area contributed by atoms with E-state index >= 15 is 0 Å². The highest BCUT2D eigenvalue weighted by Gasteiger charge is 2.14. The Bertz CT molecular complexity index is 1080. The summed E-state index contributed by atoms with van der Waals surface area (Å²) in [6.45, 7) is 3.69. The number of benzene rings is 2. The highest BCUT2D eigenvalue weighted by molar-refractivity contribution is 7.16. The van der Waals surface area contributed by atoms with Gasteiger partial charge in [0.25, 0.3) is 5.91 Å². The highest BCUT2D eigenvalue weighted by Crippen LogP contribution is 2.33. The predicted molar refractivity (Wildman–Crippen MR) is 120 cm³/mol. The van der Waals surface area contributed by atoms with Crippen LogP contribution in [0.4, 0.5) is 5.69 Å². The Labute approximate surface area is 180 Å². The SMILES string of the molecule is CCOCCn1c(=NC(=O)c2ccc(N(C)C)cc2)sc2cc(OC)c(OC)cc21. The van der Waals surface area contributed by atoms with Crippen molar-refractivity contribution in [1.29, 1.82) is 0 Å². The van der Waals surface area contributed by atoms with Crippen LogP contribution in [0.5, 0.6) is 11.5 Å². The molecule has 1 amide bonds. The Kier molecular flexibility index (Phi) is 7.12. The number of thiazole rings is 1. The number of carbonyl (C=O) groups excluding carboxylic acids is 1. The molecule has 30 heavy (non-hydrogen) atoms. The smallest absolute Gasteiger partial charge is 0.279 e. The van der Waals surface area contributed by atoms with Crippen LogP contribution in [0.15, 0.2) is 41.4 Å². The average Bonchev–Trinajstić information content (AvgIpc) is 3.08. The Hall–Kier alpha value is -2.84. The minimum absolute atomic E-state index is 0.282. The molecule has 0 spiro atoms. The number of ether oxygens (including phenoxy) is 3. The number of anilines is 1. The molecule has 0 radical (unpaired) electrons. The Morgan fingerprint density at radius 3 is 2.37 bits per heavy atom. The molecule has 0 saturated heterocycles. The summed E-state index contributed by atoms with van der Waals surface area (Å²) in [5.74, 6) is 0.987. The minimum atomic E-state index is -0.282. The van der Waals surface area contributed by atoms with Crippen molar-refractivity contribution in [2.75, 3.05) is 46.4 Å². The predicted octanol–water partition coefficient (Wildman–Crippen LogP) is 3.56. The number of nitrogens with zero attached hydrogens (tertiary/aromatic N) is 3. The third-order valence-corrected chi connectivity index (χ3v) is 5.72. The lowest BCUT2D eigenvalue weighted by molar-refractivity contribution is 0.0996. The zero-order chi connectivity index (χ0) is 21.7. The standard InChI is InChI=1S/C22H27N3O4S/c1-6-29-12-11-25-17-13-18(27-4)19(28-5)14-20(17)30-22(25)23-21(26)15-7-9-16(10-8-15)24(2)3/h7-10,13-14H,6,11-12H2,1-5H3. The summed E-state index contributed by atoms with van der Waals surface area (Å²) >= 11 is 1.44. The van der Waals surface area contributed by atoms with E-state index in [1.165, 1.54) is 11.3 Å². The van der Waals surface area contributed by atoms with Crippen LogP contribution < -0.4 is 19.2 Å². The van der Waals surface area contributed by atoms with Gasteiger partial charge < -0.3 is 23.7 Å². The van der Waals surface area contributed by atoms with Crippen LogP contribution in [0, 0.1) is 0 Å². The molecule has 7 nitrogen and oxygen atoms in total. The summed E-state index contributed by atoms with van der Waals surface area (Å²) in [5, 5.41) is 0. The zero-order valence-corrected chi connectivity index (χ0v) is 18.8. The van der Waals surface area contributed by atoms with Crippen LogP contribution in [0.2, 0.25) is 0 Å². The van der Waals surface area contributed by atoms with Crippen molar-refractivity contribution in [1.82, 2.24) is 4.57 Å². The molecule has 0 atom stereocenters. The van der Waals surface area contributed by atoms with Gasteiger partial charge in [0.15, 0.2) is 16.3 Å². The quantitative estimate of drug-likeness (QED) is 0.512. The fourth-order valence-electron chi connectivity index (χ4n) is 3.05. The molecule has 2 aromatic carbocycles. The van der Waals surface area contributed by atoms with Crippen molar-refractivity contribution < 1.29 is 19.0 Å². The number of hydrogen-bond acceptors (Lipinski definition) is 6. The Balaban J connectivity index is 2.07. The van der Waals surface area contributed by atoms with E-state index in [1.54, 1.807) is 26.4 Å². The molecule has 0 fully saturated rings. The van der Waals surface area contributed by atoms with Gasteiger partial charge in [0.1, 0.15) is 0 Å². The van der Waals surface area contributed by atoms with Gasteiger partial charge in [-0.05, 0) is 31.2 Å². The molecule has 0 bridgehead atoms. The van der Waals surface area contributed by atoms with Crippen molar-refractivity contribution >= 4 is 33.1 Å². The molecule has 0 aliphatic carbocycles. The lowest BCUT2D eigenvalue weighted by Crippen LogP contribution is -2.19. The third kappa shape index (κ3) is 4.66. The largest absolute Gasteiger partial charge is 0.493 e. The van der Waals surface area contributed by atoms with Gasteiger partial charge in [0, 0.05) is 50.6 Å². The van der Waals surface area contributed by atoms with Crippen LogP contribution in [-0.2, 0) is 11.3 Å². The number of methoxy groups -OCH3 is 2. The van der Waals surface area contributed by atoms with Crippen molar-refractivity contribution in [3.8, 4) is 11.5 Å². The van der Waals surface area contributed by atoms with E-state index in [9.17, 15) is 4.79 Å². The monoisotopic (exact) mass is 429 g/mol. The van der Waals surface area contributed by atoms with E-state index in [4.69, 9.17) is 14.2 Å². The molecule has 3 rings (SSSR count). The number of fused-ring (bicyclic) bond motifs is 1. The lowest BCUT2D eigenvalue weighted by Gasteiger charge is -2.11. The average molecular weight is 430 g/mol. The summed E-state index contributed by atoms with van der Waals surface area (Å²) in [5.41, 5.74) is 2.50. The van der Waals surface area contributed by atoms with Crippen molar-refractivity contribution in [3.63, 3.8) is 0 Å². The second-order valence-electron chi connectivity index (χ2n) is 6.77. The molecule has 1 heterocycles. The first-order valence-corrected chi connectivity index (χ1v) is 10.5. The number of carbonyl (C=O) groups is 1. The van der Waals surface area contributed by atoms with Crippen LogP contribution in [0.25, 0.3) is 10.2 Å². The fraction of sp³-hybridized carbons (Fsp3) is 0.364. The maximum absolute atomic E-state index is 12.8. The van der Waals surface area contributed by atoms with Gasteiger partial charge in [0.2, 0.25) is 0 Å². The zero-order valence-electron chi connectivity index (χ0n) is 18.0. The second kappa shape index (κ2) is 9.77. The third-order valence-electron chi connectivity index (χ3n) is 4.68. The van der Waals surface area contributed by atoms with Gasteiger partial charge in [-0.25, -0.2) is 0 Å². The van der Waals surface area contributed by atoms with Crippen molar-refractivity contribution in [2.24, 2.45) is 4.99 Å². The molecular weight excluding hydrogens is 402 g/mol. The molecule has 3 aromatic rings. The summed E-state index contributed by atoms with van der Waals surface area (Å²) < 4.78 is 19.3. The highest BCUT2D eigenvalue weighted by atomic mass is 32.1. The molecule has 0 saturated carbocycles. The topological polar surface area (TPSA) is 65.3 Å². The van der Waals surface area contributed by atoms with Crippen LogP contribution in [0.3, 0.4) is 0 Å². The van der Waals surface area contributed by atoms with Crippen LogP contribution >= 0.6 is 11.3 Å². The maximum Gasteiger partial charge on any atom is 0.279 e. The molecule has 0 aliphatic heterocycles. The first kappa shape index (κ1) is 21.9. The van der Waals surface area contributed by atoms with Gasteiger partial charge in [-0.15, -0.1) is 0 Å². The Morgan fingerprint density at radius 1 is 1.10 bits per heavy atom. The maximum atomic E-state index is 12.8. The van der Waals surface area contributed by atoms with Crippen LogP contribution in [-0.4, -0.2) is 52.0 Å². The fourth-order valence-corrected chi connectivity index (χ4v) is 4.12. The molecule has 0 aliphatic rings. The van der Waals surface area contributed by atoms with E-state index in [1.807, 2.05) is 54.8 Å². The van der Waals surface area contributed by atoms with E-state index in [0.717, 1.165) is 15.9 Å². The summed E-state index contributed by atoms with van der Waals surface area (Å²) in [4.78, 5) is 19.9. The summed E-state index contributed by atoms with van der Waals surface area (Å²) in [7, 11) is 7.13. The van der Waals surface area contributed by atoms with E-state index in [2.05, 4.69) is 4.99 Å². The van der Waals surface area contributed by atoms with Crippen molar-refractivity contribution in [2.45, 2.75) is 13.5 Å². The van der Waals surface area contributed by atoms with E-state index < -0.39 is 0 Å². The van der Waals surface area contributed by atoms with Gasteiger partial charge >= 0.3 is 0 Å². The van der Waals surface area contributed by atoms with Gasteiger partial charge in [0.05, 0.1) is 31.0 Å². The minimum Gasteiger partial charge on any atom is -0.493 e. The molecule has 0 N–H and O–H groups in total. The number of amides is 1. The molecule has 1 aromatic heterocycles. The number of rotatable bonds is 8. The first-order chi connectivity index (χ1) is 14.5. The number of aromatic nitrogens is 1. The molecule has 0 unspecified atom stereocenters. The Morgan fingerprint density at radius 2 is 1.77 bits per heavy atom. The van der Waals surface area contributed by atoms with Crippen LogP contribution in [0.1, 0.15) is 17.3 Å². The summed E-state index contributed by atoms with van der Waals surface area (Å²) in [6.07, 6.45) is 0. The van der Waals surface area contributed by atoms with Gasteiger partial charge in [-0.2, -0.15) is 4.99 Å². The summed E-state index contributed by atoms with van der Waals surface area (Å²) in [6, 6.07) is 11.2. The lowest BCUT2D eigenvalue weighted by atomic mass is 10.2. The first-order valence-electron chi connectivity index (χ1n) is 9.68. The van der Waals surface area contributed by atoms with Gasteiger partial charge in [-0.1, -0.05) is 11.3 Å². The second-order valence-corrected chi connectivity index (χ2v) is 7.78.